The summed E-state index contributed by atoms with van der Waals surface area (Å²) in [4.78, 5) is 14.7. The summed E-state index contributed by atoms with van der Waals surface area (Å²) in [6.07, 6.45) is 3.36. The van der Waals surface area contributed by atoms with Crippen LogP contribution >= 0.6 is 15.9 Å². The van der Waals surface area contributed by atoms with Crippen LogP contribution in [-0.2, 0) is 11.3 Å². The normalized spacial score (nSPS) is 15.8. The topological polar surface area (TPSA) is 53.9 Å². The van der Waals surface area contributed by atoms with Crippen molar-refractivity contribution in [3.63, 3.8) is 0 Å². The highest BCUT2D eigenvalue weighted by atomic mass is 79.9. The van der Waals surface area contributed by atoms with Gasteiger partial charge in [0.25, 0.3) is 0 Å². The summed E-state index contributed by atoms with van der Waals surface area (Å²) >= 11 is 3.46. The van der Waals surface area contributed by atoms with Gasteiger partial charge >= 0.3 is 0 Å². The molecular formula is C21H24BrN3O2. The smallest absolute Gasteiger partial charge is 0.243 e. The van der Waals surface area contributed by atoms with E-state index in [1.165, 1.54) is 5.56 Å². The highest BCUT2D eigenvalue weighted by molar-refractivity contribution is 9.10. The van der Waals surface area contributed by atoms with Crippen molar-refractivity contribution in [2.24, 2.45) is 11.0 Å². The second-order valence-corrected chi connectivity index (χ2v) is 7.60. The molecule has 5 nitrogen and oxygen atoms in total. The van der Waals surface area contributed by atoms with Crippen molar-refractivity contribution in [2.75, 3.05) is 20.2 Å². The molecule has 0 radical (unpaired) electrons. The number of rotatable bonds is 6. The molecule has 27 heavy (non-hydrogen) atoms. The Hall–Kier alpha value is -2.18. The number of hydrazone groups is 1. The van der Waals surface area contributed by atoms with E-state index in [9.17, 15) is 4.79 Å². The Kier molecular flexibility index (Phi) is 7.01. The van der Waals surface area contributed by atoms with Crippen LogP contribution in [0.25, 0.3) is 0 Å². The van der Waals surface area contributed by atoms with Crippen LogP contribution in [0.3, 0.4) is 0 Å². The molecule has 0 aliphatic carbocycles. The lowest BCUT2D eigenvalue weighted by atomic mass is 9.96. The van der Waals surface area contributed by atoms with Crippen LogP contribution in [0.15, 0.2) is 58.1 Å². The molecular weight excluding hydrogens is 406 g/mol. The molecule has 0 saturated carbocycles. The predicted molar refractivity (Wildman–Crippen MR) is 111 cm³/mol. The van der Waals surface area contributed by atoms with Crippen LogP contribution in [-0.4, -0.2) is 37.2 Å². The van der Waals surface area contributed by atoms with Crippen molar-refractivity contribution >= 4 is 28.1 Å². The first-order chi connectivity index (χ1) is 13.1. The number of methoxy groups -OCH3 is 1. The number of benzene rings is 2. The lowest BCUT2D eigenvalue weighted by molar-refractivity contribution is -0.126. The van der Waals surface area contributed by atoms with Gasteiger partial charge in [-0.3, -0.25) is 9.69 Å². The van der Waals surface area contributed by atoms with Crippen LogP contribution in [0.2, 0.25) is 0 Å². The molecule has 1 fully saturated rings. The van der Waals surface area contributed by atoms with E-state index in [2.05, 4.69) is 55.6 Å². The van der Waals surface area contributed by atoms with Gasteiger partial charge in [-0.15, -0.1) is 0 Å². The Labute approximate surface area is 168 Å². The third-order valence-corrected chi connectivity index (χ3v) is 5.29. The summed E-state index contributed by atoms with van der Waals surface area (Å²) in [5, 5.41) is 4.09. The van der Waals surface area contributed by atoms with Crippen molar-refractivity contribution in [1.29, 1.82) is 0 Å². The Balaban J connectivity index is 1.44. The lowest BCUT2D eigenvalue weighted by Gasteiger charge is -2.30. The van der Waals surface area contributed by atoms with Crippen molar-refractivity contribution in [3.05, 3.63) is 64.1 Å². The van der Waals surface area contributed by atoms with Crippen molar-refractivity contribution in [2.45, 2.75) is 19.4 Å². The first-order valence-corrected chi connectivity index (χ1v) is 9.87. The number of halogens is 1. The van der Waals surface area contributed by atoms with Crippen LogP contribution in [0, 0.1) is 5.92 Å². The van der Waals surface area contributed by atoms with E-state index < -0.39 is 0 Å². The molecule has 1 aliphatic heterocycles. The number of piperidine rings is 1. The molecule has 6 heteroatoms. The van der Waals surface area contributed by atoms with Gasteiger partial charge in [-0.2, -0.15) is 5.10 Å². The molecule has 1 N–H and O–H groups in total. The minimum Gasteiger partial charge on any atom is -0.497 e. The number of carbonyl (C=O) groups excluding carboxylic acids is 1. The molecule has 2 aromatic rings. The Morgan fingerprint density at radius 1 is 1.26 bits per heavy atom. The average Bonchev–Trinajstić information content (AvgIpc) is 2.70. The van der Waals surface area contributed by atoms with Crippen molar-refractivity contribution < 1.29 is 9.53 Å². The zero-order chi connectivity index (χ0) is 19.1. The van der Waals surface area contributed by atoms with E-state index in [0.717, 1.165) is 48.3 Å². The number of likely N-dealkylation sites (tertiary alicyclic amines) is 1. The molecule has 0 unspecified atom stereocenters. The summed E-state index contributed by atoms with van der Waals surface area (Å²) in [6.45, 7) is 2.77. The quantitative estimate of drug-likeness (QED) is 0.560. The fourth-order valence-corrected chi connectivity index (χ4v) is 3.45. The average molecular weight is 430 g/mol. The predicted octanol–water partition coefficient (Wildman–Crippen LogP) is 3.82. The van der Waals surface area contributed by atoms with Crippen LogP contribution in [0.5, 0.6) is 5.75 Å². The Morgan fingerprint density at radius 2 is 2.00 bits per heavy atom. The minimum absolute atomic E-state index is 0.00237. The molecule has 0 spiro atoms. The fraction of sp³-hybridized carbons (Fsp3) is 0.333. The number of hydrogen-bond donors (Lipinski definition) is 1. The molecule has 2 aromatic carbocycles. The lowest BCUT2D eigenvalue weighted by Crippen LogP contribution is -2.39. The summed E-state index contributed by atoms with van der Waals surface area (Å²) in [7, 11) is 1.63. The van der Waals surface area contributed by atoms with Crippen molar-refractivity contribution in [1.82, 2.24) is 10.3 Å². The highest BCUT2D eigenvalue weighted by Crippen LogP contribution is 2.20. The van der Waals surface area contributed by atoms with Crippen LogP contribution in [0.4, 0.5) is 0 Å². The minimum atomic E-state index is -0.00237. The molecule has 1 amide bonds. The Morgan fingerprint density at radius 3 is 2.70 bits per heavy atom. The number of nitrogens with one attached hydrogen (secondary N) is 1. The largest absolute Gasteiger partial charge is 0.497 e. The molecule has 0 aromatic heterocycles. The van der Waals surface area contributed by atoms with Gasteiger partial charge in [0, 0.05) is 16.9 Å². The third kappa shape index (κ3) is 5.91. The molecule has 0 bridgehead atoms. The van der Waals surface area contributed by atoms with E-state index >= 15 is 0 Å². The maximum Gasteiger partial charge on any atom is 0.243 e. The second-order valence-electron chi connectivity index (χ2n) is 6.69. The van der Waals surface area contributed by atoms with Crippen LogP contribution in [0.1, 0.15) is 24.0 Å². The molecule has 1 heterocycles. The molecule has 0 atom stereocenters. The first-order valence-electron chi connectivity index (χ1n) is 9.08. The van der Waals surface area contributed by atoms with E-state index in [0.29, 0.717) is 0 Å². The zero-order valence-corrected chi connectivity index (χ0v) is 17.0. The third-order valence-electron chi connectivity index (χ3n) is 4.76. The number of carbonyl (C=O) groups is 1. The van der Waals surface area contributed by atoms with E-state index in [4.69, 9.17) is 4.74 Å². The van der Waals surface area contributed by atoms with Gasteiger partial charge in [0.2, 0.25) is 5.91 Å². The number of hydrogen-bond acceptors (Lipinski definition) is 4. The monoisotopic (exact) mass is 429 g/mol. The highest BCUT2D eigenvalue weighted by Gasteiger charge is 2.24. The maximum atomic E-state index is 12.3. The fourth-order valence-electron chi connectivity index (χ4n) is 3.18. The van der Waals surface area contributed by atoms with Gasteiger partial charge in [-0.1, -0.05) is 40.2 Å². The first kappa shape index (κ1) is 19.6. The summed E-state index contributed by atoms with van der Waals surface area (Å²) < 4.78 is 6.27. The van der Waals surface area contributed by atoms with Gasteiger partial charge in [0.1, 0.15) is 5.75 Å². The van der Waals surface area contributed by atoms with E-state index in [1.54, 1.807) is 13.3 Å². The van der Waals surface area contributed by atoms with Crippen LogP contribution < -0.4 is 10.2 Å². The standard InChI is InChI=1S/C21H24BrN3O2/c1-27-20-4-2-3-17(13-20)14-23-24-21(26)18-9-11-25(12-10-18)15-16-5-7-19(22)8-6-16/h2-8,13-14,18H,9-12,15H2,1H3,(H,24,26)/b23-14-. The van der Waals surface area contributed by atoms with Gasteiger partial charge in [0.15, 0.2) is 0 Å². The second kappa shape index (κ2) is 9.67. The van der Waals surface area contributed by atoms with Gasteiger partial charge < -0.3 is 4.74 Å². The Bertz CT molecular complexity index is 784. The maximum absolute atomic E-state index is 12.3. The van der Waals surface area contributed by atoms with Gasteiger partial charge in [0.05, 0.1) is 13.3 Å². The number of amides is 1. The molecule has 3 rings (SSSR count). The zero-order valence-electron chi connectivity index (χ0n) is 15.4. The SMILES string of the molecule is COc1cccc(/C=N\NC(=O)C2CCN(Cc3ccc(Br)cc3)CC2)c1. The number of nitrogens with zero attached hydrogens (tertiary/aromatic N) is 2. The molecule has 1 saturated heterocycles. The van der Waals surface area contributed by atoms with Gasteiger partial charge in [-0.25, -0.2) is 5.43 Å². The van der Waals surface area contributed by atoms with Crippen molar-refractivity contribution in [3.8, 4) is 5.75 Å². The summed E-state index contributed by atoms with van der Waals surface area (Å²) in [6, 6.07) is 16.0. The molecule has 1 aliphatic rings. The van der Waals surface area contributed by atoms with E-state index in [-0.39, 0.29) is 11.8 Å². The summed E-state index contributed by atoms with van der Waals surface area (Å²) in [5.74, 6) is 0.787. The molecule has 142 valence electrons. The van der Waals surface area contributed by atoms with E-state index in [1.807, 2.05) is 24.3 Å². The van der Waals surface area contributed by atoms with Gasteiger partial charge in [-0.05, 0) is 61.3 Å². The summed E-state index contributed by atoms with van der Waals surface area (Å²) in [5.41, 5.74) is 4.86. The number of ether oxygens (including phenoxy) is 1.